The van der Waals surface area contributed by atoms with Crippen LogP contribution in [0.2, 0.25) is 5.15 Å². The van der Waals surface area contributed by atoms with Crippen molar-refractivity contribution in [2.45, 2.75) is 18.7 Å². The molecule has 0 aliphatic rings. The Hall–Kier alpha value is -2.70. The van der Waals surface area contributed by atoms with Crippen molar-refractivity contribution in [1.82, 2.24) is 19.9 Å². The number of fused-ring (bicyclic) bond motifs is 1. The highest BCUT2D eigenvalue weighted by Gasteiger charge is 2.17. The van der Waals surface area contributed by atoms with Gasteiger partial charge in [0.15, 0.2) is 11.2 Å². The van der Waals surface area contributed by atoms with Crippen LogP contribution in [0.1, 0.15) is 12.6 Å². The summed E-state index contributed by atoms with van der Waals surface area (Å²) in [5.41, 5.74) is 4.41. The van der Waals surface area contributed by atoms with Gasteiger partial charge in [-0.25, -0.2) is 15.0 Å². The molecule has 0 amide bonds. The Morgan fingerprint density at radius 3 is 2.50 bits per heavy atom. The molecular weight excluding hydrogens is 392 g/mol. The van der Waals surface area contributed by atoms with Crippen molar-refractivity contribution in [1.29, 1.82) is 0 Å². The largest absolute Gasteiger partial charge is 0.343 e. The fourth-order valence-electron chi connectivity index (χ4n) is 3.04. The first-order chi connectivity index (χ1) is 13.6. The van der Waals surface area contributed by atoms with E-state index >= 15 is 0 Å². The number of aromatic nitrogens is 4. The lowest BCUT2D eigenvalue weighted by atomic mass is 10.0. The summed E-state index contributed by atoms with van der Waals surface area (Å²) in [5, 5.41) is 0.375. The summed E-state index contributed by atoms with van der Waals surface area (Å²) in [6.45, 7) is 3.88. The van der Waals surface area contributed by atoms with Gasteiger partial charge in [-0.2, -0.15) is 0 Å². The fraction of sp³-hybridized carbons (Fsp3) is 0.143. The van der Waals surface area contributed by atoms with E-state index in [-0.39, 0.29) is 5.43 Å². The molecule has 28 heavy (non-hydrogen) atoms. The molecule has 0 aliphatic heterocycles. The van der Waals surface area contributed by atoms with Gasteiger partial charge in [0, 0.05) is 23.0 Å². The van der Waals surface area contributed by atoms with Gasteiger partial charge < -0.3 is 4.98 Å². The lowest BCUT2D eigenvalue weighted by molar-refractivity contribution is 1.16. The van der Waals surface area contributed by atoms with Crippen molar-refractivity contribution in [2.75, 3.05) is 5.75 Å². The zero-order valence-corrected chi connectivity index (χ0v) is 16.9. The molecule has 3 heterocycles. The number of aromatic amines is 1. The minimum Gasteiger partial charge on any atom is -0.343 e. The third-order valence-electron chi connectivity index (χ3n) is 4.22. The summed E-state index contributed by atoms with van der Waals surface area (Å²) in [6, 6.07) is 13.4. The van der Waals surface area contributed by atoms with Crippen LogP contribution in [0.25, 0.3) is 33.7 Å². The van der Waals surface area contributed by atoms with Crippen molar-refractivity contribution >= 4 is 34.5 Å². The quantitative estimate of drug-likeness (QED) is 0.374. The molecule has 0 saturated heterocycles. The first kappa shape index (κ1) is 18.7. The molecule has 4 rings (SSSR count). The predicted octanol–water partition coefficient (Wildman–Crippen LogP) is 5.12. The van der Waals surface area contributed by atoms with E-state index in [2.05, 4.69) is 9.97 Å². The number of halogens is 1. The van der Waals surface area contributed by atoms with Crippen LogP contribution in [0.3, 0.4) is 0 Å². The fourth-order valence-corrected chi connectivity index (χ4v) is 3.97. The molecule has 0 bridgehead atoms. The van der Waals surface area contributed by atoms with E-state index in [4.69, 9.17) is 21.6 Å². The number of thioether (sulfide) groups is 1. The standard InChI is InChI=1S/C21H17ClN4OS/c1-3-28-15-11-23-21-19(20(15)27)25-18(14-9-12(2)24-16(22)10-14)17(26-21)13-7-5-4-6-8-13/h4-11H,3H2,1-2H3,(H,23,26,27). The maximum absolute atomic E-state index is 12.9. The normalized spacial score (nSPS) is 11.1. The van der Waals surface area contributed by atoms with Crippen molar-refractivity contribution in [2.24, 2.45) is 0 Å². The van der Waals surface area contributed by atoms with Crippen LogP contribution in [0.4, 0.5) is 0 Å². The molecule has 1 N–H and O–H groups in total. The third-order valence-corrected chi connectivity index (χ3v) is 5.31. The van der Waals surface area contributed by atoms with Gasteiger partial charge in [-0.15, -0.1) is 11.8 Å². The minimum atomic E-state index is -0.120. The molecule has 0 fully saturated rings. The van der Waals surface area contributed by atoms with Gasteiger partial charge in [0.2, 0.25) is 5.43 Å². The third kappa shape index (κ3) is 3.53. The smallest absolute Gasteiger partial charge is 0.222 e. The van der Waals surface area contributed by atoms with Crippen LogP contribution in [-0.4, -0.2) is 25.7 Å². The molecule has 0 unspecified atom stereocenters. The highest BCUT2D eigenvalue weighted by atomic mass is 35.5. The van der Waals surface area contributed by atoms with E-state index in [1.807, 2.05) is 50.2 Å². The second-order valence-corrected chi connectivity index (χ2v) is 7.91. The van der Waals surface area contributed by atoms with E-state index in [9.17, 15) is 4.79 Å². The summed E-state index contributed by atoms with van der Waals surface area (Å²) in [6.07, 6.45) is 1.70. The van der Waals surface area contributed by atoms with Gasteiger partial charge in [0.05, 0.1) is 16.3 Å². The van der Waals surface area contributed by atoms with Gasteiger partial charge >= 0.3 is 0 Å². The molecule has 0 radical (unpaired) electrons. The maximum atomic E-state index is 12.9. The number of aryl methyl sites for hydroxylation is 1. The molecule has 0 aliphatic carbocycles. The van der Waals surface area contributed by atoms with E-state index in [0.29, 0.717) is 32.6 Å². The SMILES string of the molecule is CCSc1c[nH]c2nc(-c3ccccc3)c(-c3cc(C)nc(Cl)c3)nc2c1=O. The van der Waals surface area contributed by atoms with Crippen LogP contribution in [0.15, 0.2) is 58.4 Å². The summed E-state index contributed by atoms with van der Waals surface area (Å²) in [7, 11) is 0. The summed E-state index contributed by atoms with van der Waals surface area (Å²) < 4.78 is 0. The van der Waals surface area contributed by atoms with Crippen LogP contribution in [-0.2, 0) is 0 Å². The molecule has 3 aromatic heterocycles. The number of nitrogens with zero attached hydrogens (tertiary/aromatic N) is 3. The lowest BCUT2D eigenvalue weighted by Gasteiger charge is -2.11. The first-order valence-electron chi connectivity index (χ1n) is 8.83. The van der Waals surface area contributed by atoms with Crippen LogP contribution >= 0.6 is 23.4 Å². The molecule has 5 nitrogen and oxygen atoms in total. The molecule has 4 aromatic rings. The Bertz CT molecular complexity index is 1200. The minimum absolute atomic E-state index is 0.120. The van der Waals surface area contributed by atoms with Gasteiger partial charge in [0.1, 0.15) is 5.15 Å². The predicted molar refractivity (Wildman–Crippen MR) is 115 cm³/mol. The Morgan fingerprint density at radius 1 is 1.04 bits per heavy atom. The van der Waals surface area contributed by atoms with Crippen molar-refractivity contribution < 1.29 is 0 Å². The van der Waals surface area contributed by atoms with Crippen molar-refractivity contribution in [3.8, 4) is 22.5 Å². The molecule has 1 aromatic carbocycles. The number of hydrogen-bond acceptors (Lipinski definition) is 5. The molecule has 0 spiro atoms. The molecular formula is C21H17ClN4OS. The Kier molecular flexibility index (Phi) is 5.15. The first-order valence-corrected chi connectivity index (χ1v) is 10.2. The van der Waals surface area contributed by atoms with E-state index in [0.717, 1.165) is 22.6 Å². The van der Waals surface area contributed by atoms with Crippen molar-refractivity contribution in [3.05, 3.63) is 69.7 Å². The number of H-pyrrole nitrogens is 1. The Labute approximate surface area is 171 Å². The Balaban J connectivity index is 2.06. The zero-order valence-electron chi connectivity index (χ0n) is 15.4. The second kappa shape index (κ2) is 7.73. The van der Waals surface area contributed by atoms with Gasteiger partial charge in [-0.1, -0.05) is 48.9 Å². The number of hydrogen-bond donors (Lipinski definition) is 1. The van der Waals surface area contributed by atoms with Crippen LogP contribution in [0.5, 0.6) is 0 Å². The summed E-state index contributed by atoms with van der Waals surface area (Å²) in [5.74, 6) is 0.802. The number of rotatable bonds is 4. The number of pyridine rings is 2. The topological polar surface area (TPSA) is 71.5 Å². The maximum Gasteiger partial charge on any atom is 0.222 e. The highest BCUT2D eigenvalue weighted by molar-refractivity contribution is 7.99. The monoisotopic (exact) mass is 408 g/mol. The number of nitrogens with one attached hydrogen (secondary N) is 1. The van der Waals surface area contributed by atoms with Gasteiger partial charge in [-0.05, 0) is 24.8 Å². The second-order valence-electron chi connectivity index (χ2n) is 6.22. The molecule has 0 saturated carbocycles. The summed E-state index contributed by atoms with van der Waals surface area (Å²) in [4.78, 5) is 30.4. The molecule has 140 valence electrons. The van der Waals surface area contributed by atoms with Gasteiger partial charge in [-0.3, -0.25) is 4.79 Å². The highest BCUT2D eigenvalue weighted by Crippen LogP contribution is 2.31. The van der Waals surface area contributed by atoms with Crippen molar-refractivity contribution in [3.63, 3.8) is 0 Å². The lowest BCUT2D eigenvalue weighted by Crippen LogP contribution is -2.10. The number of benzene rings is 1. The average Bonchev–Trinajstić information content (AvgIpc) is 2.69. The molecule has 0 atom stereocenters. The summed E-state index contributed by atoms with van der Waals surface area (Å²) >= 11 is 7.67. The Morgan fingerprint density at radius 2 is 1.79 bits per heavy atom. The van der Waals surface area contributed by atoms with Crippen LogP contribution in [0, 0.1) is 6.92 Å². The van der Waals surface area contributed by atoms with Gasteiger partial charge in [0.25, 0.3) is 0 Å². The van der Waals surface area contributed by atoms with E-state index in [1.54, 1.807) is 12.3 Å². The van der Waals surface area contributed by atoms with E-state index in [1.165, 1.54) is 11.8 Å². The van der Waals surface area contributed by atoms with E-state index < -0.39 is 0 Å². The zero-order chi connectivity index (χ0) is 19.7. The molecule has 7 heteroatoms. The average molecular weight is 409 g/mol. The van der Waals surface area contributed by atoms with Crippen LogP contribution < -0.4 is 5.43 Å².